The highest BCUT2D eigenvalue weighted by Crippen LogP contribution is 2.16. The van der Waals surface area contributed by atoms with E-state index in [1.54, 1.807) is 12.3 Å². The number of fused-ring (bicyclic) bond motifs is 1. The average Bonchev–Trinajstić information content (AvgIpc) is 3.00. The molecule has 0 unspecified atom stereocenters. The summed E-state index contributed by atoms with van der Waals surface area (Å²) < 4.78 is 26.9. The van der Waals surface area contributed by atoms with Gasteiger partial charge in [-0.05, 0) is 25.1 Å². The summed E-state index contributed by atoms with van der Waals surface area (Å²) in [6, 6.07) is 4.42. The Morgan fingerprint density at radius 1 is 1.29 bits per heavy atom. The van der Waals surface area contributed by atoms with Gasteiger partial charge in [0.15, 0.2) is 0 Å². The Morgan fingerprint density at radius 3 is 2.76 bits per heavy atom. The zero-order valence-electron chi connectivity index (χ0n) is 11.0. The largest absolute Gasteiger partial charge is 0.323 e. The number of rotatable bonds is 4. The van der Waals surface area contributed by atoms with Crippen molar-refractivity contribution in [1.29, 1.82) is 0 Å². The molecule has 0 radical (unpaired) electrons. The molecule has 3 N–H and O–H groups in total. The fraction of sp³-hybridized carbons (Fsp3) is 0.167. The van der Waals surface area contributed by atoms with Crippen molar-refractivity contribution in [2.24, 2.45) is 0 Å². The number of sulfonamides is 1. The average molecular weight is 324 g/mol. The number of hydrogen-bond donors (Lipinski definition) is 3. The summed E-state index contributed by atoms with van der Waals surface area (Å²) in [5.41, 5.74) is 0.647. The van der Waals surface area contributed by atoms with Gasteiger partial charge < -0.3 is 9.97 Å². The van der Waals surface area contributed by atoms with Crippen LogP contribution in [0.25, 0.3) is 11.0 Å². The molecule has 110 valence electrons. The SMILES string of the molecule is Cc1cnc(CNS(=O)(=O)c2ccc3[nH]c(=O)[nH]c3c2)s1. The first-order valence-corrected chi connectivity index (χ1v) is 8.37. The number of benzene rings is 1. The minimum absolute atomic E-state index is 0.0959. The van der Waals surface area contributed by atoms with Gasteiger partial charge in [0, 0.05) is 11.1 Å². The van der Waals surface area contributed by atoms with Gasteiger partial charge in [-0.15, -0.1) is 11.3 Å². The van der Waals surface area contributed by atoms with Crippen LogP contribution in [0.15, 0.2) is 34.1 Å². The van der Waals surface area contributed by atoms with E-state index in [4.69, 9.17) is 0 Å². The van der Waals surface area contributed by atoms with Crippen molar-refractivity contribution in [3.8, 4) is 0 Å². The second-order valence-corrected chi connectivity index (χ2v) is 7.56. The van der Waals surface area contributed by atoms with E-state index < -0.39 is 10.0 Å². The second-order valence-electron chi connectivity index (χ2n) is 4.48. The standard InChI is InChI=1S/C12H12N4O3S2/c1-7-5-13-11(20-7)6-14-21(18,19)8-2-3-9-10(4-8)16-12(17)15-9/h2-5,14H,6H2,1H3,(H2,15,16,17). The molecule has 0 aliphatic carbocycles. The third-order valence-electron chi connectivity index (χ3n) is 2.88. The molecule has 1 aromatic carbocycles. The van der Waals surface area contributed by atoms with Crippen LogP contribution < -0.4 is 10.4 Å². The zero-order chi connectivity index (χ0) is 15.0. The molecule has 0 spiro atoms. The van der Waals surface area contributed by atoms with Crippen LogP contribution in [0, 0.1) is 6.92 Å². The summed E-state index contributed by atoms with van der Waals surface area (Å²) in [7, 11) is -3.65. The van der Waals surface area contributed by atoms with E-state index in [0.717, 1.165) is 4.88 Å². The highest BCUT2D eigenvalue weighted by atomic mass is 32.2. The van der Waals surface area contributed by atoms with Crippen LogP contribution in [0.1, 0.15) is 9.88 Å². The lowest BCUT2D eigenvalue weighted by atomic mass is 10.3. The summed E-state index contributed by atoms with van der Waals surface area (Å²) in [6.07, 6.45) is 1.70. The quantitative estimate of drug-likeness (QED) is 0.668. The number of nitrogens with one attached hydrogen (secondary N) is 3. The maximum absolute atomic E-state index is 12.2. The fourth-order valence-electron chi connectivity index (χ4n) is 1.90. The number of aromatic nitrogens is 3. The number of hydrogen-bond acceptors (Lipinski definition) is 5. The van der Waals surface area contributed by atoms with Gasteiger partial charge in [0.1, 0.15) is 5.01 Å². The van der Waals surface area contributed by atoms with E-state index in [2.05, 4.69) is 19.7 Å². The predicted molar refractivity (Wildman–Crippen MR) is 79.8 cm³/mol. The molecular weight excluding hydrogens is 312 g/mol. The molecule has 0 atom stereocenters. The third kappa shape index (κ3) is 2.89. The van der Waals surface area contributed by atoms with Gasteiger partial charge in [0.05, 0.1) is 22.5 Å². The van der Waals surface area contributed by atoms with Crippen LogP contribution in [0.4, 0.5) is 0 Å². The van der Waals surface area contributed by atoms with Crippen LogP contribution in [0.5, 0.6) is 0 Å². The molecular formula is C12H12N4O3S2. The minimum Gasteiger partial charge on any atom is -0.306 e. The fourth-order valence-corrected chi connectivity index (χ4v) is 3.73. The summed E-state index contributed by atoms with van der Waals surface area (Å²) in [6.45, 7) is 2.05. The molecule has 2 heterocycles. The van der Waals surface area contributed by atoms with Crippen molar-refractivity contribution in [1.82, 2.24) is 19.7 Å². The second kappa shape index (κ2) is 5.10. The van der Waals surface area contributed by atoms with Crippen molar-refractivity contribution in [2.75, 3.05) is 0 Å². The Labute approximate surface area is 124 Å². The Bertz CT molecular complexity index is 952. The summed E-state index contributed by atoms with van der Waals surface area (Å²) in [5, 5.41) is 0.701. The molecule has 0 fully saturated rings. The molecule has 9 heteroatoms. The van der Waals surface area contributed by atoms with Gasteiger partial charge in [0.2, 0.25) is 10.0 Å². The highest BCUT2D eigenvalue weighted by Gasteiger charge is 2.15. The Kier molecular flexibility index (Phi) is 3.40. The maximum Gasteiger partial charge on any atom is 0.323 e. The minimum atomic E-state index is -3.65. The van der Waals surface area contributed by atoms with E-state index in [1.807, 2.05) is 6.92 Å². The van der Waals surface area contributed by atoms with E-state index in [1.165, 1.54) is 23.5 Å². The predicted octanol–water partition coefficient (Wildman–Crippen LogP) is 1.10. The number of H-pyrrole nitrogens is 2. The van der Waals surface area contributed by atoms with Crippen LogP contribution >= 0.6 is 11.3 Å². The number of aromatic amines is 2. The molecule has 7 nitrogen and oxygen atoms in total. The van der Waals surface area contributed by atoms with Crippen LogP contribution in [-0.2, 0) is 16.6 Å². The lowest BCUT2D eigenvalue weighted by Gasteiger charge is -2.05. The molecule has 0 bridgehead atoms. The molecule has 2 aromatic heterocycles. The lowest BCUT2D eigenvalue weighted by Crippen LogP contribution is -2.23. The Morgan fingerprint density at radius 2 is 2.05 bits per heavy atom. The van der Waals surface area contributed by atoms with Gasteiger partial charge in [-0.2, -0.15) is 0 Å². The maximum atomic E-state index is 12.2. The molecule has 0 aliphatic rings. The molecule has 3 aromatic rings. The number of aryl methyl sites for hydroxylation is 1. The monoisotopic (exact) mass is 324 g/mol. The van der Waals surface area contributed by atoms with Gasteiger partial charge >= 0.3 is 5.69 Å². The zero-order valence-corrected chi connectivity index (χ0v) is 12.6. The van der Waals surface area contributed by atoms with Crippen molar-refractivity contribution in [3.05, 3.63) is 44.8 Å². The first kappa shape index (κ1) is 14.0. The van der Waals surface area contributed by atoms with E-state index in [0.29, 0.717) is 16.0 Å². The molecule has 0 saturated heterocycles. The third-order valence-corrected chi connectivity index (χ3v) is 5.19. The van der Waals surface area contributed by atoms with E-state index in [-0.39, 0.29) is 17.1 Å². The first-order chi connectivity index (χ1) is 9.94. The normalized spacial score (nSPS) is 12.0. The molecule has 21 heavy (non-hydrogen) atoms. The van der Waals surface area contributed by atoms with Crippen LogP contribution in [0.3, 0.4) is 0 Å². The van der Waals surface area contributed by atoms with Crippen molar-refractivity contribution in [3.63, 3.8) is 0 Å². The topological polar surface area (TPSA) is 108 Å². The van der Waals surface area contributed by atoms with Gasteiger partial charge in [-0.25, -0.2) is 22.9 Å². The van der Waals surface area contributed by atoms with Crippen molar-refractivity contribution >= 4 is 32.4 Å². The smallest absolute Gasteiger partial charge is 0.306 e. The highest BCUT2D eigenvalue weighted by molar-refractivity contribution is 7.89. The number of thiazole rings is 1. The molecule has 3 rings (SSSR count). The summed E-state index contributed by atoms with van der Waals surface area (Å²) in [4.78, 5) is 21.5. The van der Waals surface area contributed by atoms with Gasteiger partial charge in [-0.1, -0.05) is 0 Å². The van der Waals surface area contributed by atoms with Gasteiger partial charge in [-0.3, -0.25) is 0 Å². The molecule has 0 saturated carbocycles. The molecule has 0 aliphatic heterocycles. The molecule has 0 amide bonds. The Hall–Kier alpha value is -1.97. The van der Waals surface area contributed by atoms with Crippen molar-refractivity contribution in [2.45, 2.75) is 18.4 Å². The first-order valence-electron chi connectivity index (χ1n) is 6.07. The number of nitrogens with zero attached hydrogens (tertiary/aromatic N) is 1. The van der Waals surface area contributed by atoms with Gasteiger partial charge in [0.25, 0.3) is 0 Å². The van der Waals surface area contributed by atoms with Crippen molar-refractivity contribution < 1.29 is 8.42 Å². The summed E-state index contributed by atoms with van der Waals surface area (Å²) >= 11 is 1.44. The Balaban J connectivity index is 1.86. The lowest BCUT2D eigenvalue weighted by molar-refractivity contribution is 0.581. The van der Waals surface area contributed by atoms with Crippen LogP contribution in [-0.4, -0.2) is 23.4 Å². The number of imidazole rings is 1. The van der Waals surface area contributed by atoms with E-state index in [9.17, 15) is 13.2 Å². The van der Waals surface area contributed by atoms with E-state index >= 15 is 0 Å². The summed E-state index contributed by atoms with van der Waals surface area (Å²) in [5.74, 6) is 0. The van der Waals surface area contributed by atoms with Crippen LogP contribution in [0.2, 0.25) is 0 Å².